The van der Waals surface area contributed by atoms with Gasteiger partial charge in [0.2, 0.25) is 0 Å². The fourth-order valence-electron chi connectivity index (χ4n) is 2.39. The number of aliphatic hydroxyl groups is 1. The zero-order chi connectivity index (χ0) is 15.5. The summed E-state index contributed by atoms with van der Waals surface area (Å²) in [5.74, 6) is 0.442. The van der Waals surface area contributed by atoms with Gasteiger partial charge in [0, 0.05) is 32.2 Å². The number of non-ortho nitro benzene ring substituents is 1. The molecule has 0 radical (unpaired) electrons. The highest BCUT2D eigenvalue weighted by molar-refractivity contribution is 5.42. The number of nitro groups is 1. The summed E-state index contributed by atoms with van der Waals surface area (Å²) in [4.78, 5) is 10.4. The minimum Gasteiger partial charge on any atom is -0.496 e. The first-order valence-electron chi connectivity index (χ1n) is 6.81. The number of ether oxygens (including phenoxy) is 2. The molecule has 21 heavy (non-hydrogen) atoms. The van der Waals surface area contributed by atoms with E-state index in [-0.39, 0.29) is 11.8 Å². The van der Waals surface area contributed by atoms with Crippen molar-refractivity contribution in [2.24, 2.45) is 0 Å². The molecule has 1 aliphatic rings. The Balaban J connectivity index is 1.99. The van der Waals surface area contributed by atoms with Gasteiger partial charge in [0.05, 0.1) is 24.2 Å². The van der Waals surface area contributed by atoms with Gasteiger partial charge >= 0.3 is 0 Å². The maximum atomic E-state index is 10.9. The van der Waals surface area contributed by atoms with Crippen LogP contribution in [0.4, 0.5) is 5.69 Å². The van der Waals surface area contributed by atoms with E-state index in [0.717, 1.165) is 5.56 Å². The summed E-state index contributed by atoms with van der Waals surface area (Å²) in [6.07, 6.45) is 0.365. The van der Waals surface area contributed by atoms with Crippen LogP contribution in [0.1, 0.15) is 18.9 Å². The van der Waals surface area contributed by atoms with E-state index in [1.165, 1.54) is 19.2 Å². The third-order valence-electron chi connectivity index (χ3n) is 3.82. The second-order valence-electron chi connectivity index (χ2n) is 5.27. The van der Waals surface area contributed by atoms with Crippen LogP contribution in [0, 0.1) is 10.1 Å². The van der Waals surface area contributed by atoms with E-state index in [4.69, 9.17) is 9.47 Å². The van der Waals surface area contributed by atoms with Gasteiger partial charge in [-0.05, 0) is 18.6 Å². The second-order valence-corrected chi connectivity index (χ2v) is 5.27. The van der Waals surface area contributed by atoms with E-state index in [1.807, 2.05) is 6.92 Å². The summed E-state index contributed by atoms with van der Waals surface area (Å²) in [5, 5.41) is 24.4. The molecule has 2 rings (SSSR count). The van der Waals surface area contributed by atoms with E-state index in [1.54, 1.807) is 6.07 Å². The lowest BCUT2D eigenvalue weighted by Gasteiger charge is -2.26. The zero-order valence-corrected chi connectivity index (χ0v) is 12.2. The van der Waals surface area contributed by atoms with Crippen LogP contribution in [0.5, 0.6) is 5.75 Å². The van der Waals surface area contributed by atoms with Gasteiger partial charge in [-0.15, -0.1) is 0 Å². The number of nitrogens with zero attached hydrogens (tertiary/aromatic N) is 1. The standard InChI is InChI=1S/C14H20N2O5/c1-10-14(17,3-4-21-10)9-15-8-11-5-12(16(18)19)7-13(6-11)20-2/h5-7,10,15,17H,3-4,8-9H2,1-2H3. The van der Waals surface area contributed by atoms with Gasteiger partial charge in [0.15, 0.2) is 0 Å². The van der Waals surface area contributed by atoms with Crippen LogP contribution in [0.2, 0.25) is 0 Å². The van der Waals surface area contributed by atoms with Crippen LogP contribution in [-0.2, 0) is 11.3 Å². The Morgan fingerprint density at radius 1 is 1.57 bits per heavy atom. The van der Waals surface area contributed by atoms with Crippen molar-refractivity contribution >= 4 is 5.69 Å². The lowest BCUT2D eigenvalue weighted by Crippen LogP contribution is -2.45. The first-order valence-corrected chi connectivity index (χ1v) is 6.81. The Kier molecular flexibility index (Phi) is 4.76. The van der Waals surface area contributed by atoms with Crippen molar-refractivity contribution in [2.75, 3.05) is 20.3 Å². The summed E-state index contributed by atoms with van der Waals surface area (Å²) in [7, 11) is 1.47. The summed E-state index contributed by atoms with van der Waals surface area (Å²) < 4.78 is 10.4. The van der Waals surface area contributed by atoms with E-state index >= 15 is 0 Å². The number of methoxy groups -OCH3 is 1. The first-order chi connectivity index (χ1) is 9.94. The molecule has 7 heteroatoms. The molecule has 0 spiro atoms. The van der Waals surface area contributed by atoms with Crippen LogP contribution >= 0.6 is 0 Å². The number of hydrogen-bond donors (Lipinski definition) is 2. The molecule has 2 unspecified atom stereocenters. The smallest absolute Gasteiger partial charge is 0.273 e. The third kappa shape index (κ3) is 3.69. The molecule has 1 fully saturated rings. The molecule has 1 saturated heterocycles. The molecule has 2 N–H and O–H groups in total. The molecule has 0 bridgehead atoms. The zero-order valence-electron chi connectivity index (χ0n) is 12.2. The van der Waals surface area contributed by atoms with Gasteiger partial charge in [-0.1, -0.05) is 0 Å². The molecule has 0 aliphatic carbocycles. The van der Waals surface area contributed by atoms with Gasteiger partial charge < -0.3 is 19.9 Å². The highest BCUT2D eigenvalue weighted by Crippen LogP contribution is 2.25. The lowest BCUT2D eigenvalue weighted by molar-refractivity contribution is -0.385. The Morgan fingerprint density at radius 3 is 2.90 bits per heavy atom. The maximum absolute atomic E-state index is 10.9. The SMILES string of the molecule is COc1cc(CNCC2(O)CCOC2C)cc([N+](=O)[O-])c1. The van der Waals surface area contributed by atoms with Gasteiger partial charge in [-0.2, -0.15) is 0 Å². The molecular formula is C14H20N2O5. The molecule has 1 heterocycles. The molecule has 0 aromatic heterocycles. The van der Waals surface area contributed by atoms with Crippen LogP contribution in [-0.4, -0.2) is 42.0 Å². The summed E-state index contributed by atoms with van der Waals surface area (Å²) >= 11 is 0. The molecule has 0 saturated carbocycles. The summed E-state index contributed by atoms with van der Waals surface area (Å²) in [6, 6.07) is 4.61. The molecule has 1 aromatic rings. The van der Waals surface area contributed by atoms with Crippen molar-refractivity contribution in [1.29, 1.82) is 0 Å². The number of benzene rings is 1. The molecule has 7 nitrogen and oxygen atoms in total. The van der Waals surface area contributed by atoms with Crippen LogP contribution < -0.4 is 10.1 Å². The number of hydrogen-bond acceptors (Lipinski definition) is 6. The highest BCUT2D eigenvalue weighted by atomic mass is 16.6. The molecular weight excluding hydrogens is 276 g/mol. The maximum Gasteiger partial charge on any atom is 0.273 e. The monoisotopic (exact) mass is 296 g/mol. The summed E-state index contributed by atoms with van der Waals surface area (Å²) in [6.45, 7) is 3.17. The Morgan fingerprint density at radius 2 is 2.33 bits per heavy atom. The predicted octanol–water partition coefficient (Wildman–Crippen LogP) is 1.23. The second kappa shape index (κ2) is 6.38. The molecule has 2 atom stereocenters. The normalized spacial score (nSPS) is 25.0. The molecule has 0 amide bonds. The fourth-order valence-corrected chi connectivity index (χ4v) is 2.39. The van der Waals surface area contributed by atoms with Gasteiger partial charge in [-0.25, -0.2) is 0 Å². The van der Waals surface area contributed by atoms with E-state index < -0.39 is 10.5 Å². The number of rotatable bonds is 6. The topological polar surface area (TPSA) is 93.9 Å². The molecule has 116 valence electrons. The number of nitrogens with one attached hydrogen (secondary N) is 1. The Labute approximate surface area is 123 Å². The number of nitro benzene ring substituents is 1. The summed E-state index contributed by atoms with van der Waals surface area (Å²) in [5.41, 5.74) is -0.163. The van der Waals surface area contributed by atoms with Gasteiger partial charge in [-0.3, -0.25) is 10.1 Å². The van der Waals surface area contributed by atoms with Gasteiger partial charge in [0.1, 0.15) is 11.4 Å². The highest BCUT2D eigenvalue weighted by Gasteiger charge is 2.38. The lowest BCUT2D eigenvalue weighted by atomic mass is 9.96. The van der Waals surface area contributed by atoms with Crippen molar-refractivity contribution in [3.63, 3.8) is 0 Å². The Hall–Kier alpha value is -1.70. The van der Waals surface area contributed by atoms with Crippen LogP contribution in [0.15, 0.2) is 18.2 Å². The van der Waals surface area contributed by atoms with Crippen molar-refractivity contribution in [2.45, 2.75) is 31.6 Å². The molecule has 1 aliphatic heterocycles. The van der Waals surface area contributed by atoms with Crippen LogP contribution in [0.25, 0.3) is 0 Å². The average Bonchev–Trinajstić information content (AvgIpc) is 2.78. The van der Waals surface area contributed by atoms with Crippen molar-refractivity contribution in [3.8, 4) is 5.75 Å². The van der Waals surface area contributed by atoms with E-state index in [0.29, 0.717) is 31.9 Å². The molecule has 1 aromatic carbocycles. The van der Waals surface area contributed by atoms with Crippen molar-refractivity contribution in [1.82, 2.24) is 5.32 Å². The Bertz CT molecular complexity index is 522. The van der Waals surface area contributed by atoms with Gasteiger partial charge in [0.25, 0.3) is 5.69 Å². The van der Waals surface area contributed by atoms with Crippen molar-refractivity contribution < 1.29 is 19.5 Å². The van der Waals surface area contributed by atoms with Crippen molar-refractivity contribution in [3.05, 3.63) is 33.9 Å². The minimum absolute atomic E-state index is 0.0116. The van der Waals surface area contributed by atoms with Crippen LogP contribution in [0.3, 0.4) is 0 Å². The first kappa shape index (κ1) is 15.7. The quantitative estimate of drug-likeness (QED) is 0.606. The third-order valence-corrected chi connectivity index (χ3v) is 3.82. The predicted molar refractivity (Wildman–Crippen MR) is 76.3 cm³/mol. The minimum atomic E-state index is -0.884. The van der Waals surface area contributed by atoms with E-state index in [9.17, 15) is 15.2 Å². The van der Waals surface area contributed by atoms with E-state index in [2.05, 4.69) is 5.32 Å². The average molecular weight is 296 g/mol. The fraction of sp³-hybridized carbons (Fsp3) is 0.571. The largest absolute Gasteiger partial charge is 0.496 e.